The van der Waals surface area contributed by atoms with Crippen LogP contribution in [0, 0.1) is 0 Å². The minimum absolute atomic E-state index is 0.185. The Bertz CT molecular complexity index is 1040. The zero-order valence-corrected chi connectivity index (χ0v) is 15.0. The number of aromatic nitrogens is 4. The first-order chi connectivity index (χ1) is 11.9. The van der Waals surface area contributed by atoms with Gasteiger partial charge in [0.2, 0.25) is 15.0 Å². The molecule has 0 atom stereocenters. The number of allylic oxidation sites excluding steroid dienone is 1. The van der Waals surface area contributed by atoms with Crippen molar-refractivity contribution in [3.05, 3.63) is 47.9 Å². The van der Waals surface area contributed by atoms with Crippen LogP contribution in [0.5, 0.6) is 5.75 Å². The zero-order chi connectivity index (χ0) is 18.0. The molecule has 3 aromatic rings. The van der Waals surface area contributed by atoms with E-state index in [1.54, 1.807) is 61.5 Å². The number of hydrogen-bond acceptors (Lipinski definition) is 6. The third-order valence-electron chi connectivity index (χ3n) is 3.68. The molecule has 0 radical (unpaired) electrons. The van der Waals surface area contributed by atoms with E-state index < -0.39 is 9.84 Å². The van der Waals surface area contributed by atoms with Gasteiger partial charge in [-0.1, -0.05) is 18.2 Å². The lowest BCUT2D eigenvalue weighted by Crippen LogP contribution is -2.11. The van der Waals surface area contributed by atoms with E-state index in [0.717, 1.165) is 0 Å². The number of fused-ring (bicyclic) bond motifs is 1. The maximum Gasteiger partial charge on any atom is 0.250 e. The first kappa shape index (κ1) is 17.1. The molecule has 0 bridgehead atoms. The highest BCUT2D eigenvalue weighted by atomic mass is 32.2. The van der Waals surface area contributed by atoms with Gasteiger partial charge in [-0.15, -0.1) is 0 Å². The SMILES string of the molecule is C/C=C/c1nc(S(=O)(=O)Cc2ccc(OC)cc2)nc2c1ncn2C. The molecule has 0 amide bonds. The Labute approximate surface area is 145 Å². The highest BCUT2D eigenvalue weighted by Gasteiger charge is 2.22. The summed E-state index contributed by atoms with van der Waals surface area (Å²) in [5.41, 5.74) is 2.18. The van der Waals surface area contributed by atoms with Crippen LogP contribution in [0.15, 0.2) is 41.8 Å². The number of sulfone groups is 1. The van der Waals surface area contributed by atoms with Crippen molar-refractivity contribution in [2.45, 2.75) is 17.8 Å². The fourth-order valence-corrected chi connectivity index (χ4v) is 3.65. The fraction of sp³-hybridized carbons (Fsp3) is 0.235. The Morgan fingerprint density at radius 2 is 1.92 bits per heavy atom. The minimum atomic E-state index is -3.70. The minimum Gasteiger partial charge on any atom is -0.497 e. The summed E-state index contributed by atoms with van der Waals surface area (Å²) < 4.78 is 32.3. The smallest absolute Gasteiger partial charge is 0.250 e. The summed E-state index contributed by atoms with van der Waals surface area (Å²) >= 11 is 0. The second-order valence-electron chi connectivity index (χ2n) is 5.53. The molecule has 2 heterocycles. The molecule has 2 aromatic heterocycles. The lowest BCUT2D eigenvalue weighted by Gasteiger charge is -2.06. The van der Waals surface area contributed by atoms with Crippen LogP contribution in [0.25, 0.3) is 17.2 Å². The van der Waals surface area contributed by atoms with Gasteiger partial charge in [0, 0.05) is 7.05 Å². The standard InChI is InChI=1S/C17H18N4O3S/c1-4-5-14-15-16(21(2)11-18-15)20-17(19-14)25(22,23)10-12-6-8-13(24-3)9-7-12/h4-9,11H,10H2,1-3H3/b5-4+. The van der Waals surface area contributed by atoms with E-state index in [-0.39, 0.29) is 10.9 Å². The summed E-state index contributed by atoms with van der Waals surface area (Å²) in [5.74, 6) is 0.486. The Morgan fingerprint density at radius 3 is 2.56 bits per heavy atom. The number of hydrogen-bond donors (Lipinski definition) is 0. The Hall–Kier alpha value is -2.74. The Morgan fingerprint density at radius 1 is 1.20 bits per heavy atom. The maximum atomic E-state index is 12.8. The van der Waals surface area contributed by atoms with Crippen LogP contribution in [-0.4, -0.2) is 35.0 Å². The van der Waals surface area contributed by atoms with Crippen LogP contribution >= 0.6 is 0 Å². The van der Waals surface area contributed by atoms with Crippen LogP contribution in [0.3, 0.4) is 0 Å². The van der Waals surface area contributed by atoms with Crippen molar-refractivity contribution in [1.29, 1.82) is 0 Å². The van der Waals surface area contributed by atoms with Gasteiger partial charge in [0.1, 0.15) is 11.3 Å². The van der Waals surface area contributed by atoms with Crippen molar-refractivity contribution in [1.82, 2.24) is 19.5 Å². The average molecular weight is 358 g/mol. The normalized spacial score (nSPS) is 12.1. The van der Waals surface area contributed by atoms with Crippen molar-refractivity contribution in [3.63, 3.8) is 0 Å². The van der Waals surface area contributed by atoms with Crippen LogP contribution < -0.4 is 4.74 Å². The van der Waals surface area contributed by atoms with Crippen molar-refractivity contribution in [2.75, 3.05) is 7.11 Å². The number of rotatable bonds is 5. The predicted molar refractivity (Wildman–Crippen MR) is 94.9 cm³/mol. The molecule has 0 aliphatic rings. The van der Waals surface area contributed by atoms with Gasteiger partial charge in [0.25, 0.3) is 0 Å². The van der Waals surface area contributed by atoms with Gasteiger partial charge in [-0.25, -0.2) is 18.4 Å². The zero-order valence-electron chi connectivity index (χ0n) is 14.2. The lowest BCUT2D eigenvalue weighted by atomic mass is 10.2. The fourth-order valence-electron chi connectivity index (χ4n) is 2.43. The molecule has 25 heavy (non-hydrogen) atoms. The van der Waals surface area contributed by atoms with Crippen LogP contribution in [0.4, 0.5) is 0 Å². The molecule has 0 unspecified atom stereocenters. The Balaban J connectivity index is 2.05. The second-order valence-corrected chi connectivity index (χ2v) is 7.41. The number of aryl methyl sites for hydroxylation is 1. The third-order valence-corrected chi connectivity index (χ3v) is 5.14. The molecule has 8 heteroatoms. The van der Waals surface area contributed by atoms with Crippen molar-refractivity contribution >= 4 is 27.1 Å². The van der Waals surface area contributed by atoms with Crippen LogP contribution in [-0.2, 0) is 22.6 Å². The molecule has 0 spiro atoms. The molecule has 0 N–H and O–H groups in total. The molecular weight excluding hydrogens is 340 g/mol. The van der Waals surface area contributed by atoms with E-state index in [0.29, 0.717) is 28.2 Å². The summed E-state index contributed by atoms with van der Waals surface area (Å²) in [6.07, 6.45) is 5.10. The van der Waals surface area contributed by atoms with Crippen molar-refractivity contribution in [2.24, 2.45) is 7.05 Å². The number of nitrogens with zero attached hydrogens (tertiary/aromatic N) is 4. The highest BCUT2D eigenvalue weighted by Crippen LogP contribution is 2.21. The van der Waals surface area contributed by atoms with E-state index >= 15 is 0 Å². The Kier molecular flexibility index (Phi) is 4.54. The molecule has 0 saturated heterocycles. The quantitative estimate of drug-likeness (QED) is 0.651. The van der Waals surface area contributed by atoms with Gasteiger partial charge in [0.15, 0.2) is 5.65 Å². The molecule has 0 aliphatic carbocycles. The summed E-state index contributed by atoms with van der Waals surface area (Å²) in [6.45, 7) is 1.84. The van der Waals surface area contributed by atoms with Gasteiger partial charge >= 0.3 is 0 Å². The molecule has 130 valence electrons. The van der Waals surface area contributed by atoms with E-state index in [1.165, 1.54) is 0 Å². The summed E-state index contributed by atoms with van der Waals surface area (Å²) in [5, 5.41) is -0.201. The maximum absolute atomic E-state index is 12.8. The van der Waals surface area contributed by atoms with E-state index in [2.05, 4.69) is 15.0 Å². The number of ether oxygens (including phenoxy) is 1. The van der Waals surface area contributed by atoms with Crippen molar-refractivity contribution in [3.8, 4) is 5.75 Å². The molecule has 7 nitrogen and oxygen atoms in total. The first-order valence-corrected chi connectivity index (χ1v) is 9.27. The summed E-state index contributed by atoms with van der Waals surface area (Å²) in [4.78, 5) is 12.7. The van der Waals surface area contributed by atoms with Crippen LogP contribution in [0.1, 0.15) is 18.2 Å². The number of benzene rings is 1. The van der Waals surface area contributed by atoms with E-state index in [1.807, 2.05) is 6.92 Å². The van der Waals surface area contributed by atoms with Gasteiger partial charge < -0.3 is 9.30 Å². The van der Waals surface area contributed by atoms with Gasteiger partial charge in [-0.2, -0.15) is 4.98 Å². The predicted octanol–water partition coefficient (Wildman–Crippen LogP) is 2.38. The molecule has 1 aromatic carbocycles. The molecule has 0 fully saturated rings. The van der Waals surface area contributed by atoms with Gasteiger partial charge in [-0.05, 0) is 30.7 Å². The average Bonchev–Trinajstić information content (AvgIpc) is 2.97. The van der Waals surface area contributed by atoms with Gasteiger partial charge in [-0.3, -0.25) is 0 Å². The summed E-state index contributed by atoms with van der Waals surface area (Å²) in [7, 11) is -0.371. The third kappa shape index (κ3) is 3.39. The second kappa shape index (κ2) is 6.64. The molecule has 3 rings (SSSR count). The van der Waals surface area contributed by atoms with Crippen LogP contribution in [0.2, 0.25) is 0 Å². The monoisotopic (exact) mass is 358 g/mol. The first-order valence-electron chi connectivity index (χ1n) is 7.62. The highest BCUT2D eigenvalue weighted by molar-refractivity contribution is 7.90. The topological polar surface area (TPSA) is 87.0 Å². The number of methoxy groups -OCH3 is 1. The lowest BCUT2D eigenvalue weighted by molar-refractivity contribution is 0.414. The number of imidazole rings is 1. The van der Waals surface area contributed by atoms with E-state index in [9.17, 15) is 8.42 Å². The largest absolute Gasteiger partial charge is 0.497 e. The molecule has 0 saturated carbocycles. The summed E-state index contributed by atoms with van der Waals surface area (Å²) in [6, 6.07) is 6.88. The van der Waals surface area contributed by atoms with E-state index in [4.69, 9.17) is 4.74 Å². The molecule has 0 aliphatic heterocycles. The van der Waals surface area contributed by atoms with Gasteiger partial charge in [0.05, 0.1) is 24.9 Å². The van der Waals surface area contributed by atoms with Crippen molar-refractivity contribution < 1.29 is 13.2 Å². The molecular formula is C17H18N4O3S.